The first-order valence-electron chi connectivity index (χ1n) is 5.59. The number of aromatic nitrogens is 2. The largest absolute Gasteiger partial charge is 0.385 e. The topological polar surface area (TPSA) is 39.1 Å². The van der Waals surface area contributed by atoms with Crippen LogP contribution in [0.15, 0.2) is 12.4 Å². The maximum atomic E-state index is 5.05. The zero-order chi connectivity index (χ0) is 10.7. The Hall–Kier alpha value is -1.03. The van der Waals surface area contributed by atoms with Crippen molar-refractivity contribution in [2.24, 2.45) is 0 Å². The molecule has 1 heterocycles. The van der Waals surface area contributed by atoms with E-state index in [-0.39, 0.29) is 0 Å². The van der Waals surface area contributed by atoms with E-state index in [2.05, 4.69) is 28.0 Å². The van der Waals surface area contributed by atoms with Gasteiger partial charge < -0.3 is 14.6 Å². The number of ether oxygens (including phenoxy) is 1. The number of methoxy groups -OCH3 is 1. The first-order valence-corrected chi connectivity index (χ1v) is 5.59. The Morgan fingerprint density at radius 2 is 2.47 bits per heavy atom. The van der Waals surface area contributed by atoms with Gasteiger partial charge in [-0.05, 0) is 26.2 Å². The molecule has 4 heteroatoms. The van der Waals surface area contributed by atoms with Crippen molar-refractivity contribution >= 4 is 5.95 Å². The smallest absolute Gasteiger partial charge is 0.203 e. The van der Waals surface area contributed by atoms with Gasteiger partial charge >= 0.3 is 0 Å². The molecule has 84 valence electrons. The van der Waals surface area contributed by atoms with Crippen LogP contribution in [-0.4, -0.2) is 29.3 Å². The third-order valence-corrected chi connectivity index (χ3v) is 2.74. The predicted octanol–water partition coefficient (Wildman–Crippen LogP) is 2.05. The Morgan fingerprint density at radius 3 is 3.13 bits per heavy atom. The molecule has 2 rings (SSSR count). The van der Waals surface area contributed by atoms with Gasteiger partial charge in [-0.1, -0.05) is 0 Å². The molecule has 1 aliphatic rings. The molecule has 4 nitrogen and oxygen atoms in total. The summed E-state index contributed by atoms with van der Waals surface area (Å²) in [6, 6.07) is 1.09. The number of nitrogens with one attached hydrogen (secondary N) is 1. The van der Waals surface area contributed by atoms with E-state index in [4.69, 9.17) is 4.74 Å². The average molecular weight is 209 g/mol. The van der Waals surface area contributed by atoms with Crippen molar-refractivity contribution in [2.45, 2.75) is 38.3 Å². The maximum absolute atomic E-state index is 5.05. The van der Waals surface area contributed by atoms with Crippen molar-refractivity contribution in [1.82, 2.24) is 9.55 Å². The van der Waals surface area contributed by atoms with E-state index in [1.54, 1.807) is 7.11 Å². The van der Waals surface area contributed by atoms with E-state index in [0.29, 0.717) is 12.1 Å². The van der Waals surface area contributed by atoms with Crippen LogP contribution in [0.5, 0.6) is 0 Å². The molecule has 0 saturated heterocycles. The summed E-state index contributed by atoms with van der Waals surface area (Å²) in [5.41, 5.74) is 0. The molecule has 0 bridgehead atoms. The van der Waals surface area contributed by atoms with Crippen LogP contribution in [0.3, 0.4) is 0 Å². The quantitative estimate of drug-likeness (QED) is 0.779. The van der Waals surface area contributed by atoms with Gasteiger partial charge in [0.15, 0.2) is 0 Å². The molecule has 15 heavy (non-hydrogen) atoms. The molecule has 1 aromatic rings. The molecule has 1 unspecified atom stereocenters. The SMILES string of the molecule is COCCC(C)Nc1nccn1C1CC1. The molecule has 0 radical (unpaired) electrons. The molecule has 1 saturated carbocycles. The normalized spacial score (nSPS) is 17.7. The highest BCUT2D eigenvalue weighted by molar-refractivity contribution is 5.29. The average Bonchev–Trinajstić information content (AvgIpc) is 2.97. The lowest BCUT2D eigenvalue weighted by Gasteiger charge is -2.15. The van der Waals surface area contributed by atoms with Crippen LogP contribution < -0.4 is 5.32 Å². The van der Waals surface area contributed by atoms with E-state index in [1.807, 2.05) is 6.20 Å². The first kappa shape index (κ1) is 10.5. The summed E-state index contributed by atoms with van der Waals surface area (Å²) < 4.78 is 7.29. The van der Waals surface area contributed by atoms with Gasteiger partial charge in [-0.3, -0.25) is 0 Å². The van der Waals surface area contributed by atoms with E-state index < -0.39 is 0 Å². The minimum absolute atomic E-state index is 0.407. The van der Waals surface area contributed by atoms with Gasteiger partial charge in [-0.15, -0.1) is 0 Å². The van der Waals surface area contributed by atoms with Crippen LogP contribution in [0.25, 0.3) is 0 Å². The maximum Gasteiger partial charge on any atom is 0.203 e. The second-order valence-electron chi connectivity index (χ2n) is 4.22. The minimum Gasteiger partial charge on any atom is -0.385 e. The molecular formula is C11H19N3O. The van der Waals surface area contributed by atoms with E-state index in [9.17, 15) is 0 Å². The number of imidazole rings is 1. The fourth-order valence-corrected chi connectivity index (χ4v) is 1.66. The van der Waals surface area contributed by atoms with Crippen molar-refractivity contribution in [3.8, 4) is 0 Å². The van der Waals surface area contributed by atoms with Gasteiger partial charge in [0.1, 0.15) is 0 Å². The highest BCUT2D eigenvalue weighted by Crippen LogP contribution is 2.36. The number of nitrogens with zero attached hydrogens (tertiary/aromatic N) is 2. The first-order chi connectivity index (χ1) is 7.31. The lowest BCUT2D eigenvalue weighted by Crippen LogP contribution is -2.19. The van der Waals surface area contributed by atoms with Gasteiger partial charge in [-0.25, -0.2) is 4.98 Å². The molecule has 1 atom stereocenters. The molecule has 1 aromatic heterocycles. The Labute approximate surface area is 90.6 Å². The van der Waals surface area contributed by atoms with Crippen molar-refractivity contribution < 1.29 is 4.74 Å². The molecule has 0 spiro atoms. The number of rotatable bonds is 6. The summed E-state index contributed by atoms with van der Waals surface area (Å²) >= 11 is 0. The fourth-order valence-electron chi connectivity index (χ4n) is 1.66. The summed E-state index contributed by atoms with van der Waals surface area (Å²) in [5, 5.41) is 3.42. The van der Waals surface area contributed by atoms with Crippen LogP contribution in [0.2, 0.25) is 0 Å². The summed E-state index contributed by atoms with van der Waals surface area (Å²) in [7, 11) is 1.73. The van der Waals surface area contributed by atoms with Crippen LogP contribution in [0, 0.1) is 0 Å². The second-order valence-corrected chi connectivity index (χ2v) is 4.22. The van der Waals surface area contributed by atoms with Crippen molar-refractivity contribution in [3.05, 3.63) is 12.4 Å². The molecule has 0 aliphatic heterocycles. The van der Waals surface area contributed by atoms with Crippen LogP contribution >= 0.6 is 0 Å². The Kier molecular flexibility index (Phi) is 3.26. The molecule has 1 fully saturated rings. The summed E-state index contributed by atoms with van der Waals surface area (Å²) in [6.45, 7) is 2.95. The van der Waals surface area contributed by atoms with Crippen molar-refractivity contribution in [2.75, 3.05) is 19.0 Å². The third kappa shape index (κ3) is 2.72. The highest BCUT2D eigenvalue weighted by atomic mass is 16.5. The molecule has 1 N–H and O–H groups in total. The van der Waals surface area contributed by atoms with Gasteiger partial charge in [0.05, 0.1) is 0 Å². The van der Waals surface area contributed by atoms with Gasteiger partial charge in [0, 0.05) is 38.2 Å². The van der Waals surface area contributed by atoms with Gasteiger partial charge in [-0.2, -0.15) is 0 Å². The fraction of sp³-hybridized carbons (Fsp3) is 0.727. The predicted molar refractivity (Wildman–Crippen MR) is 60.1 cm³/mol. The summed E-state index contributed by atoms with van der Waals surface area (Å²) in [5.74, 6) is 1.00. The molecule has 0 aromatic carbocycles. The van der Waals surface area contributed by atoms with Crippen LogP contribution in [-0.2, 0) is 4.74 Å². The van der Waals surface area contributed by atoms with Crippen LogP contribution in [0.4, 0.5) is 5.95 Å². The number of hydrogen-bond donors (Lipinski definition) is 1. The Bertz CT molecular complexity index is 307. The van der Waals surface area contributed by atoms with E-state index in [1.165, 1.54) is 12.8 Å². The van der Waals surface area contributed by atoms with E-state index >= 15 is 0 Å². The Balaban J connectivity index is 1.88. The van der Waals surface area contributed by atoms with Crippen molar-refractivity contribution in [3.63, 3.8) is 0 Å². The monoisotopic (exact) mass is 209 g/mol. The van der Waals surface area contributed by atoms with Gasteiger partial charge in [0.2, 0.25) is 5.95 Å². The Morgan fingerprint density at radius 1 is 1.67 bits per heavy atom. The second kappa shape index (κ2) is 4.66. The zero-order valence-electron chi connectivity index (χ0n) is 9.44. The molecule has 0 amide bonds. The van der Waals surface area contributed by atoms with E-state index in [0.717, 1.165) is 19.0 Å². The summed E-state index contributed by atoms with van der Waals surface area (Å²) in [6.07, 6.45) is 7.51. The molecule has 1 aliphatic carbocycles. The lowest BCUT2D eigenvalue weighted by atomic mass is 10.2. The number of anilines is 1. The minimum atomic E-state index is 0.407. The third-order valence-electron chi connectivity index (χ3n) is 2.74. The molecular weight excluding hydrogens is 190 g/mol. The lowest BCUT2D eigenvalue weighted by molar-refractivity contribution is 0.191. The standard InChI is InChI=1S/C11H19N3O/c1-9(5-8-15-2)13-11-12-6-7-14(11)10-3-4-10/h6-7,9-10H,3-5,8H2,1-2H3,(H,12,13). The zero-order valence-corrected chi connectivity index (χ0v) is 9.44. The summed E-state index contributed by atoms with van der Waals surface area (Å²) in [4.78, 5) is 4.34. The van der Waals surface area contributed by atoms with Crippen LogP contribution in [0.1, 0.15) is 32.2 Å². The van der Waals surface area contributed by atoms with Gasteiger partial charge in [0.25, 0.3) is 0 Å². The highest BCUT2D eigenvalue weighted by Gasteiger charge is 2.25. The van der Waals surface area contributed by atoms with Crippen molar-refractivity contribution in [1.29, 1.82) is 0 Å². The number of hydrogen-bond acceptors (Lipinski definition) is 3.